The van der Waals surface area contributed by atoms with Crippen molar-refractivity contribution in [3.8, 4) is 5.75 Å². The number of ether oxygens (including phenoxy) is 1. The zero-order chi connectivity index (χ0) is 13.0. The lowest BCUT2D eigenvalue weighted by Gasteiger charge is -2.11. The van der Waals surface area contributed by atoms with Crippen LogP contribution in [0.3, 0.4) is 0 Å². The van der Waals surface area contributed by atoms with Gasteiger partial charge in [-0.2, -0.15) is 0 Å². The van der Waals surface area contributed by atoms with Gasteiger partial charge in [0.15, 0.2) is 0 Å². The Balaban J connectivity index is 2.35. The molecular formula is C15H16O3. The van der Waals surface area contributed by atoms with Gasteiger partial charge >= 0.3 is 5.97 Å². The first kappa shape index (κ1) is 12.4. The molecule has 3 heteroatoms. The molecule has 0 radical (unpaired) electrons. The topological polar surface area (TPSA) is 46.5 Å². The summed E-state index contributed by atoms with van der Waals surface area (Å²) in [5.41, 5.74) is 1.09. The van der Waals surface area contributed by atoms with Gasteiger partial charge < -0.3 is 9.84 Å². The lowest BCUT2D eigenvalue weighted by Crippen LogP contribution is -1.98. The highest BCUT2D eigenvalue weighted by Gasteiger charge is 2.08. The maximum absolute atomic E-state index is 10.6. The standard InChI is InChI=1S/C15H16O3/c1-18-14-10-9-11-5-2-3-6-12(11)13(14)7-4-8-15(16)17/h2-3,5-6,9-10H,4,7-8H2,1H3,(H,16,17). The average molecular weight is 244 g/mol. The highest BCUT2D eigenvalue weighted by molar-refractivity contribution is 5.87. The Bertz CT molecular complexity index is 561. The third kappa shape index (κ3) is 2.62. The summed E-state index contributed by atoms with van der Waals surface area (Å²) < 4.78 is 5.36. The lowest BCUT2D eigenvalue weighted by molar-refractivity contribution is -0.137. The number of hydrogen-bond acceptors (Lipinski definition) is 2. The molecule has 18 heavy (non-hydrogen) atoms. The first-order chi connectivity index (χ1) is 8.72. The summed E-state index contributed by atoms with van der Waals surface area (Å²) in [7, 11) is 1.64. The van der Waals surface area contributed by atoms with Gasteiger partial charge in [0.25, 0.3) is 0 Å². The molecule has 0 unspecified atom stereocenters. The molecule has 0 saturated heterocycles. The van der Waals surface area contributed by atoms with Crippen LogP contribution in [-0.4, -0.2) is 18.2 Å². The number of methoxy groups -OCH3 is 1. The van der Waals surface area contributed by atoms with Crippen LogP contribution in [0.15, 0.2) is 36.4 Å². The molecule has 2 rings (SSSR count). The van der Waals surface area contributed by atoms with Gasteiger partial charge in [0.1, 0.15) is 5.75 Å². The van der Waals surface area contributed by atoms with Crippen molar-refractivity contribution in [2.45, 2.75) is 19.3 Å². The van der Waals surface area contributed by atoms with Crippen molar-refractivity contribution in [3.05, 3.63) is 42.0 Å². The van der Waals surface area contributed by atoms with E-state index in [1.807, 2.05) is 30.3 Å². The number of hydrogen-bond donors (Lipinski definition) is 1. The minimum absolute atomic E-state index is 0.187. The van der Waals surface area contributed by atoms with Gasteiger partial charge in [-0.3, -0.25) is 4.79 Å². The summed E-state index contributed by atoms with van der Waals surface area (Å²) in [5, 5.41) is 11.0. The van der Waals surface area contributed by atoms with Crippen LogP contribution < -0.4 is 4.74 Å². The monoisotopic (exact) mass is 244 g/mol. The van der Waals surface area contributed by atoms with Crippen LogP contribution in [0.5, 0.6) is 5.75 Å². The second kappa shape index (κ2) is 5.54. The van der Waals surface area contributed by atoms with Gasteiger partial charge in [-0.1, -0.05) is 30.3 Å². The molecule has 0 saturated carbocycles. The number of carboxylic acid groups (broad SMARTS) is 1. The third-order valence-electron chi connectivity index (χ3n) is 3.03. The molecule has 0 bridgehead atoms. The predicted octanol–water partition coefficient (Wildman–Crippen LogP) is 3.26. The van der Waals surface area contributed by atoms with Gasteiger partial charge in [-0.05, 0) is 29.7 Å². The summed E-state index contributed by atoms with van der Waals surface area (Å²) in [6.07, 6.45) is 1.53. The van der Waals surface area contributed by atoms with E-state index in [4.69, 9.17) is 9.84 Å². The fraction of sp³-hybridized carbons (Fsp3) is 0.267. The predicted molar refractivity (Wildman–Crippen MR) is 71.1 cm³/mol. The molecule has 94 valence electrons. The molecular weight excluding hydrogens is 228 g/mol. The number of carboxylic acids is 1. The molecule has 2 aromatic rings. The molecule has 0 atom stereocenters. The highest BCUT2D eigenvalue weighted by atomic mass is 16.5. The third-order valence-corrected chi connectivity index (χ3v) is 3.03. The van der Waals surface area contributed by atoms with E-state index in [-0.39, 0.29) is 6.42 Å². The highest BCUT2D eigenvalue weighted by Crippen LogP contribution is 2.29. The summed E-state index contributed by atoms with van der Waals surface area (Å²) >= 11 is 0. The van der Waals surface area contributed by atoms with Crippen molar-refractivity contribution in [1.29, 1.82) is 0 Å². The first-order valence-electron chi connectivity index (χ1n) is 5.99. The van der Waals surface area contributed by atoms with Crippen LogP contribution in [0.2, 0.25) is 0 Å². The van der Waals surface area contributed by atoms with Crippen molar-refractivity contribution >= 4 is 16.7 Å². The Morgan fingerprint density at radius 1 is 1.22 bits per heavy atom. The van der Waals surface area contributed by atoms with E-state index in [2.05, 4.69) is 6.07 Å². The van der Waals surface area contributed by atoms with Crippen molar-refractivity contribution < 1.29 is 14.6 Å². The fourth-order valence-electron chi connectivity index (χ4n) is 2.18. The van der Waals surface area contributed by atoms with E-state index in [0.29, 0.717) is 6.42 Å². The maximum Gasteiger partial charge on any atom is 0.303 e. The maximum atomic E-state index is 10.6. The smallest absolute Gasteiger partial charge is 0.303 e. The molecule has 0 amide bonds. The van der Waals surface area contributed by atoms with Gasteiger partial charge in [0, 0.05) is 12.0 Å². The molecule has 0 heterocycles. The Morgan fingerprint density at radius 3 is 2.72 bits per heavy atom. The van der Waals surface area contributed by atoms with Crippen molar-refractivity contribution in [3.63, 3.8) is 0 Å². The molecule has 2 aromatic carbocycles. The van der Waals surface area contributed by atoms with E-state index in [0.717, 1.165) is 28.5 Å². The number of benzene rings is 2. The summed E-state index contributed by atoms with van der Waals surface area (Å²) in [6, 6.07) is 12.1. The largest absolute Gasteiger partial charge is 0.496 e. The van der Waals surface area contributed by atoms with E-state index >= 15 is 0 Å². The van der Waals surface area contributed by atoms with Crippen LogP contribution in [0.1, 0.15) is 18.4 Å². The first-order valence-corrected chi connectivity index (χ1v) is 5.99. The number of aliphatic carboxylic acids is 1. The normalized spacial score (nSPS) is 10.5. The Labute approximate surface area is 106 Å². The van der Waals surface area contributed by atoms with Crippen molar-refractivity contribution in [2.24, 2.45) is 0 Å². The van der Waals surface area contributed by atoms with Crippen LogP contribution >= 0.6 is 0 Å². The van der Waals surface area contributed by atoms with Crippen molar-refractivity contribution in [2.75, 3.05) is 7.11 Å². The Hall–Kier alpha value is -2.03. The van der Waals surface area contributed by atoms with Crippen LogP contribution in [-0.2, 0) is 11.2 Å². The molecule has 1 N–H and O–H groups in total. The van der Waals surface area contributed by atoms with Crippen LogP contribution in [0.25, 0.3) is 10.8 Å². The average Bonchev–Trinajstić information content (AvgIpc) is 2.38. The lowest BCUT2D eigenvalue weighted by atomic mass is 9.99. The zero-order valence-corrected chi connectivity index (χ0v) is 10.3. The van der Waals surface area contributed by atoms with E-state index in [9.17, 15) is 4.79 Å². The fourth-order valence-corrected chi connectivity index (χ4v) is 2.18. The minimum Gasteiger partial charge on any atom is -0.496 e. The zero-order valence-electron chi connectivity index (χ0n) is 10.3. The summed E-state index contributed by atoms with van der Waals surface area (Å²) in [4.78, 5) is 10.6. The van der Waals surface area contributed by atoms with Gasteiger partial charge in [-0.15, -0.1) is 0 Å². The Morgan fingerprint density at radius 2 is 2.00 bits per heavy atom. The second-order valence-electron chi connectivity index (χ2n) is 4.21. The molecule has 0 aliphatic carbocycles. The molecule has 0 spiro atoms. The van der Waals surface area contributed by atoms with Gasteiger partial charge in [0.05, 0.1) is 7.11 Å². The number of fused-ring (bicyclic) bond motifs is 1. The SMILES string of the molecule is COc1ccc2ccccc2c1CCCC(=O)O. The Kier molecular flexibility index (Phi) is 3.82. The van der Waals surface area contributed by atoms with Crippen LogP contribution in [0, 0.1) is 0 Å². The minimum atomic E-state index is -0.755. The molecule has 0 aliphatic heterocycles. The summed E-state index contributed by atoms with van der Waals surface area (Å²) in [5.74, 6) is 0.0771. The van der Waals surface area contributed by atoms with Gasteiger partial charge in [0.2, 0.25) is 0 Å². The molecule has 0 fully saturated rings. The quantitative estimate of drug-likeness (QED) is 0.878. The molecule has 0 aromatic heterocycles. The number of rotatable bonds is 5. The van der Waals surface area contributed by atoms with E-state index < -0.39 is 5.97 Å². The van der Waals surface area contributed by atoms with Crippen LogP contribution in [0.4, 0.5) is 0 Å². The number of aryl methyl sites for hydroxylation is 1. The molecule has 0 aliphatic rings. The van der Waals surface area contributed by atoms with Gasteiger partial charge in [-0.25, -0.2) is 0 Å². The van der Waals surface area contributed by atoms with E-state index in [1.165, 1.54) is 0 Å². The van der Waals surface area contributed by atoms with Crippen molar-refractivity contribution in [1.82, 2.24) is 0 Å². The van der Waals surface area contributed by atoms with E-state index in [1.54, 1.807) is 7.11 Å². The second-order valence-corrected chi connectivity index (χ2v) is 4.21. The number of carbonyl (C=O) groups is 1. The molecule has 3 nitrogen and oxygen atoms in total. The summed E-state index contributed by atoms with van der Waals surface area (Å²) in [6.45, 7) is 0.